The van der Waals surface area contributed by atoms with Gasteiger partial charge < -0.3 is 4.98 Å². The lowest BCUT2D eigenvalue weighted by molar-refractivity contribution is 0.312. The number of aromatic amines is 1. The number of H-pyrrole nitrogens is 1. The Morgan fingerprint density at radius 2 is 2.00 bits per heavy atom. The predicted molar refractivity (Wildman–Crippen MR) is 62.1 cm³/mol. The number of rotatable bonds is 2. The second kappa shape index (κ2) is 4.65. The molecule has 1 aromatic heterocycles. The summed E-state index contributed by atoms with van der Waals surface area (Å²) in [6.07, 6.45) is 6.73. The molecule has 0 bridgehead atoms. The van der Waals surface area contributed by atoms with Gasteiger partial charge in [-0.25, -0.2) is 0 Å². The van der Waals surface area contributed by atoms with Crippen LogP contribution in [0.15, 0.2) is 23.0 Å². The number of aromatic nitrogens is 1. The molecular formula is C13H19NO. The highest BCUT2D eigenvalue weighted by Gasteiger charge is 2.21. The Balaban J connectivity index is 2.12. The van der Waals surface area contributed by atoms with Crippen LogP contribution in [0.3, 0.4) is 0 Å². The molecule has 2 heteroatoms. The highest BCUT2D eigenvalue weighted by molar-refractivity contribution is 5.10. The molecule has 2 nitrogen and oxygen atoms in total. The fraction of sp³-hybridized carbons (Fsp3) is 0.615. The van der Waals surface area contributed by atoms with E-state index >= 15 is 0 Å². The van der Waals surface area contributed by atoms with Gasteiger partial charge in [-0.05, 0) is 30.7 Å². The van der Waals surface area contributed by atoms with Crippen LogP contribution in [0.25, 0.3) is 0 Å². The van der Waals surface area contributed by atoms with Gasteiger partial charge in [0, 0.05) is 11.8 Å². The van der Waals surface area contributed by atoms with Crippen molar-refractivity contribution in [2.75, 3.05) is 0 Å². The van der Waals surface area contributed by atoms with Gasteiger partial charge >= 0.3 is 0 Å². The zero-order valence-corrected chi connectivity index (χ0v) is 9.33. The van der Waals surface area contributed by atoms with Crippen molar-refractivity contribution in [1.82, 2.24) is 4.98 Å². The van der Waals surface area contributed by atoms with E-state index < -0.39 is 0 Å². The standard InChI is InChI=1S/C13H19NO/c1-10(11-6-3-2-4-7-11)12-8-5-9-13(15)14-12/h5,8-11H,2-4,6-7H2,1H3,(H,14,15). The first-order valence-corrected chi connectivity index (χ1v) is 5.96. The molecule has 1 unspecified atom stereocenters. The van der Waals surface area contributed by atoms with E-state index in [4.69, 9.17) is 0 Å². The highest BCUT2D eigenvalue weighted by Crippen LogP contribution is 2.34. The summed E-state index contributed by atoms with van der Waals surface area (Å²) in [7, 11) is 0. The topological polar surface area (TPSA) is 32.9 Å². The quantitative estimate of drug-likeness (QED) is 0.790. The minimum Gasteiger partial charge on any atom is -0.326 e. The van der Waals surface area contributed by atoms with Crippen molar-refractivity contribution in [3.8, 4) is 0 Å². The molecule has 1 aliphatic rings. The van der Waals surface area contributed by atoms with Gasteiger partial charge in [-0.15, -0.1) is 0 Å². The van der Waals surface area contributed by atoms with Crippen LogP contribution in [0.2, 0.25) is 0 Å². The van der Waals surface area contributed by atoms with E-state index in [-0.39, 0.29) is 5.56 Å². The lowest BCUT2D eigenvalue weighted by atomic mass is 9.79. The van der Waals surface area contributed by atoms with E-state index in [2.05, 4.69) is 11.9 Å². The molecule has 0 aliphatic heterocycles. The Labute approximate surface area is 90.7 Å². The fourth-order valence-corrected chi connectivity index (χ4v) is 2.62. The molecular weight excluding hydrogens is 186 g/mol. The van der Waals surface area contributed by atoms with Crippen LogP contribution in [0.5, 0.6) is 0 Å². The third-order valence-corrected chi connectivity index (χ3v) is 3.64. The van der Waals surface area contributed by atoms with E-state index in [1.54, 1.807) is 6.07 Å². The summed E-state index contributed by atoms with van der Waals surface area (Å²) in [5.41, 5.74) is 1.13. The van der Waals surface area contributed by atoms with Crippen molar-refractivity contribution < 1.29 is 0 Å². The molecule has 1 N–H and O–H groups in total. The molecule has 1 heterocycles. The van der Waals surface area contributed by atoms with Gasteiger partial charge in [-0.3, -0.25) is 4.79 Å². The molecule has 2 rings (SSSR count). The van der Waals surface area contributed by atoms with E-state index in [0.29, 0.717) is 5.92 Å². The Morgan fingerprint density at radius 3 is 2.67 bits per heavy atom. The van der Waals surface area contributed by atoms with Crippen LogP contribution < -0.4 is 5.56 Å². The van der Waals surface area contributed by atoms with Crippen molar-refractivity contribution in [3.63, 3.8) is 0 Å². The largest absolute Gasteiger partial charge is 0.326 e. The molecule has 15 heavy (non-hydrogen) atoms. The van der Waals surface area contributed by atoms with Crippen molar-refractivity contribution in [3.05, 3.63) is 34.2 Å². The molecule has 0 radical (unpaired) electrons. The molecule has 1 fully saturated rings. The average molecular weight is 205 g/mol. The average Bonchev–Trinajstić information content (AvgIpc) is 2.29. The summed E-state index contributed by atoms with van der Waals surface area (Å²) in [4.78, 5) is 14.2. The minimum atomic E-state index is 0.0233. The summed E-state index contributed by atoms with van der Waals surface area (Å²) >= 11 is 0. The summed E-state index contributed by atoms with van der Waals surface area (Å²) in [5, 5.41) is 0. The van der Waals surface area contributed by atoms with Gasteiger partial charge in [0.25, 0.3) is 0 Å². The monoisotopic (exact) mass is 205 g/mol. The lowest BCUT2D eigenvalue weighted by Gasteiger charge is -2.27. The zero-order valence-electron chi connectivity index (χ0n) is 9.33. The van der Waals surface area contributed by atoms with Gasteiger partial charge in [0.2, 0.25) is 5.56 Å². The minimum absolute atomic E-state index is 0.0233. The summed E-state index contributed by atoms with van der Waals surface area (Å²) in [5.74, 6) is 1.26. The maximum absolute atomic E-state index is 11.2. The molecule has 82 valence electrons. The number of hydrogen-bond donors (Lipinski definition) is 1. The molecule has 0 saturated heterocycles. The van der Waals surface area contributed by atoms with Crippen LogP contribution in [-0.2, 0) is 0 Å². The van der Waals surface area contributed by atoms with Crippen LogP contribution in [0.4, 0.5) is 0 Å². The van der Waals surface area contributed by atoms with Crippen molar-refractivity contribution in [1.29, 1.82) is 0 Å². The number of hydrogen-bond acceptors (Lipinski definition) is 1. The van der Waals surface area contributed by atoms with Gasteiger partial charge in [-0.1, -0.05) is 32.3 Å². The first kappa shape index (κ1) is 10.5. The Morgan fingerprint density at radius 1 is 1.27 bits per heavy atom. The third-order valence-electron chi connectivity index (χ3n) is 3.64. The molecule has 1 aromatic rings. The van der Waals surface area contributed by atoms with Gasteiger partial charge in [0.05, 0.1) is 0 Å². The maximum Gasteiger partial charge on any atom is 0.248 e. The Hall–Kier alpha value is -1.05. The normalized spacial score (nSPS) is 20.1. The second-order valence-corrected chi connectivity index (χ2v) is 4.66. The van der Waals surface area contributed by atoms with Gasteiger partial charge in [0.15, 0.2) is 0 Å². The lowest BCUT2D eigenvalue weighted by Crippen LogP contribution is -2.17. The number of nitrogens with one attached hydrogen (secondary N) is 1. The molecule has 1 saturated carbocycles. The smallest absolute Gasteiger partial charge is 0.248 e. The molecule has 1 atom stereocenters. The fourth-order valence-electron chi connectivity index (χ4n) is 2.62. The van der Waals surface area contributed by atoms with Crippen LogP contribution in [-0.4, -0.2) is 4.98 Å². The molecule has 0 spiro atoms. The summed E-state index contributed by atoms with van der Waals surface area (Å²) < 4.78 is 0. The van der Waals surface area contributed by atoms with Crippen molar-refractivity contribution >= 4 is 0 Å². The van der Waals surface area contributed by atoms with E-state index in [1.807, 2.05) is 12.1 Å². The number of pyridine rings is 1. The maximum atomic E-state index is 11.2. The van der Waals surface area contributed by atoms with E-state index in [1.165, 1.54) is 32.1 Å². The second-order valence-electron chi connectivity index (χ2n) is 4.66. The highest BCUT2D eigenvalue weighted by atomic mass is 16.1. The van der Waals surface area contributed by atoms with Crippen LogP contribution in [0, 0.1) is 5.92 Å². The van der Waals surface area contributed by atoms with E-state index in [9.17, 15) is 4.79 Å². The van der Waals surface area contributed by atoms with Crippen molar-refractivity contribution in [2.24, 2.45) is 5.92 Å². The van der Waals surface area contributed by atoms with Crippen LogP contribution in [0.1, 0.15) is 50.6 Å². The van der Waals surface area contributed by atoms with E-state index in [0.717, 1.165) is 11.6 Å². The summed E-state index contributed by atoms with van der Waals surface area (Å²) in [6, 6.07) is 5.48. The summed E-state index contributed by atoms with van der Waals surface area (Å²) in [6.45, 7) is 2.24. The van der Waals surface area contributed by atoms with Gasteiger partial charge in [0.1, 0.15) is 0 Å². The Bertz CT molecular complexity index is 363. The van der Waals surface area contributed by atoms with Crippen molar-refractivity contribution in [2.45, 2.75) is 44.9 Å². The predicted octanol–water partition coefficient (Wildman–Crippen LogP) is 3.06. The SMILES string of the molecule is CC(c1cccc(=O)[nH]1)C1CCCCC1. The molecule has 0 amide bonds. The van der Waals surface area contributed by atoms with Crippen LogP contribution >= 0.6 is 0 Å². The zero-order chi connectivity index (χ0) is 10.7. The molecule has 1 aliphatic carbocycles. The Kier molecular flexibility index (Phi) is 3.24. The molecule has 0 aromatic carbocycles. The third kappa shape index (κ3) is 2.49. The van der Waals surface area contributed by atoms with Gasteiger partial charge in [-0.2, -0.15) is 0 Å². The first-order chi connectivity index (χ1) is 7.27. The first-order valence-electron chi connectivity index (χ1n) is 5.96.